The van der Waals surface area contributed by atoms with Crippen LogP contribution >= 0.6 is 0 Å². The lowest BCUT2D eigenvalue weighted by Gasteiger charge is -2.26. The van der Waals surface area contributed by atoms with E-state index in [-0.39, 0.29) is 5.91 Å². The summed E-state index contributed by atoms with van der Waals surface area (Å²) in [6, 6.07) is 0. The highest BCUT2D eigenvalue weighted by atomic mass is 16.2. The number of carbonyl (C=O) groups is 1. The summed E-state index contributed by atoms with van der Waals surface area (Å²) in [4.78, 5) is 24.7. The molecule has 1 aliphatic carbocycles. The summed E-state index contributed by atoms with van der Waals surface area (Å²) >= 11 is 0. The molecule has 1 aromatic heterocycles. The van der Waals surface area contributed by atoms with Gasteiger partial charge in [-0.3, -0.25) is 4.79 Å². The average molecular weight is 291 g/mol. The number of carbonyl (C=O) groups excluding carboxylic acids is 1. The van der Waals surface area contributed by atoms with Crippen molar-refractivity contribution in [3.8, 4) is 0 Å². The van der Waals surface area contributed by atoms with Crippen molar-refractivity contribution in [2.24, 2.45) is 0 Å². The average Bonchev–Trinajstić information content (AvgIpc) is 3.25. The van der Waals surface area contributed by atoms with Gasteiger partial charge in [-0.15, -0.1) is 0 Å². The molecule has 0 aliphatic heterocycles. The third-order valence-electron chi connectivity index (χ3n) is 3.74. The predicted octanol–water partition coefficient (Wildman–Crippen LogP) is 1.55. The minimum atomic E-state index is 0.0630. The molecule has 6 heteroatoms. The number of nitrogens with two attached hydrogens (primary N) is 1. The Morgan fingerprint density at radius 1 is 1.33 bits per heavy atom. The topological polar surface area (TPSA) is 75.4 Å². The maximum Gasteiger partial charge on any atom is 0.241 e. The summed E-state index contributed by atoms with van der Waals surface area (Å²) in [6.07, 6.45) is 3.21. The molecule has 6 nitrogen and oxygen atoms in total. The van der Waals surface area contributed by atoms with Crippen LogP contribution in [0, 0.1) is 6.92 Å². The Morgan fingerprint density at radius 3 is 2.52 bits per heavy atom. The zero-order valence-electron chi connectivity index (χ0n) is 13.4. The van der Waals surface area contributed by atoms with Gasteiger partial charge in [-0.05, 0) is 26.2 Å². The molecule has 1 aromatic rings. The molecular formula is C15H25N5O. The van der Waals surface area contributed by atoms with Crippen molar-refractivity contribution in [2.45, 2.75) is 39.0 Å². The van der Waals surface area contributed by atoms with Crippen molar-refractivity contribution in [3.05, 3.63) is 11.4 Å². The number of nitrogens with zero attached hydrogens (tertiary/aromatic N) is 4. The molecule has 2 rings (SSSR count). The molecule has 0 aromatic carbocycles. The van der Waals surface area contributed by atoms with E-state index in [1.807, 2.05) is 11.8 Å². The van der Waals surface area contributed by atoms with E-state index in [4.69, 9.17) is 10.7 Å². The molecule has 0 unspecified atom stereocenters. The molecule has 0 radical (unpaired) electrons. The lowest BCUT2D eigenvalue weighted by molar-refractivity contribution is -0.127. The Bertz CT molecular complexity index is 525. The third kappa shape index (κ3) is 3.62. The molecule has 1 aliphatic rings. The first kappa shape index (κ1) is 15.5. The lowest BCUT2D eigenvalue weighted by atomic mass is 10.2. The van der Waals surface area contributed by atoms with Crippen LogP contribution in [0.3, 0.4) is 0 Å². The largest absolute Gasteiger partial charge is 0.383 e. The summed E-state index contributed by atoms with van der Waals surface area (Å²) < 4.78 is 0. The van der Waals surface area contributed by atoms with Gasteiger partial charge in [0.05, 0.1) is 6.54 Å². The van der Waals surface area contributed by atoms with Gasteiger partial charge < -0.3 is 15.5 Å². The summed E-state index contributed by atoms with van der Waals surface area (Å²) in [5.74, 6) is 2.67. The van der Waals surface area contributed by atoms with Gasteiger partial charge in [-0.1, -0.05) is 6.92 Å². The highest BCUT2D eigenvalue weighted by Gasteiger charge is 2.29. The molecular weight excluding hydrogens is 266 g/mol. The SMILES string of the molecule is CCCN(CC(=O)N(C)C)c1nc(C2CC2)nc(N)c1C. The minimum Gasteiger partial charge on any atom is -0.383 e. The fourth-order valence-electron chi connectivity index (χ4n) is 2.21. The summed E-state index contributed by atoms with van der Waals surface area (Å²) in [6.45, 7) is 5.11. The molecule has 0 saturated heterocycles. The second-order valence-electron chi connectivity index (χ2n) is 5.90. The number of aromatic nitrogens is 2. The van der Waals surface area contributed by atoms with Crippen LogP contribution in [0.2, 0.25) is 0 Å². The molecule has 116 valence electrons. The number of anilines is 2. The van der Waals surface area contributed by atoms with Crippen molar-refractivity contribution in [2.75, 3.05) is 37.8 Å². The van der Waals surface area contributed by atoms with E-state index < -0.39 is 0 Å². The quantitative estimate of drug-likeness (QED) is 0.860. The van der Waals surface area contributed by atoms with Crippen molar-refractivity contribution in [1.82, 2.24) is 14.9 Å². The first-order valence-electron chi connectivity index (χ1n) is 7.53. The normalized spacial score (nSPS) is 14.1. The van der Waals surface area contributed by atoms with Gasteiger partial charge in [-0.25, -0.2) is 9.97 Å². The van der Waals surface area contributed by atoms with E-state index in [0.717, 1.165) is 43.0 Å². The van der Waals surface area contributed by atoms with E-state index in [0.29, 0.717) is 18.3 Å². The van der Waals surface area contributed by atoms with E-state index in [1.165, 1.54) is 0 Å². The van der Waals surface area contributed by atoms with Crippen LogP contribution in [0.25, 0.3) is 0 Å². The second kappa shape index (κ2) is 6.28. The second-order valence-corrected chi connectivity index (χ2v) is 5.90. The van der Waals surface area contributed by atoms with Crippen LogP contribution in [-0.4, -0.2) is 48.0 Å². The Morgan fingerprint density at radius 2 is 2.00 bits per heavy atom. The van der Waals surface area contributed by atoms with Crippen LogP contribution in [-0.2, 0) is 4.79 Å². The van der Waals surface area contributed by atoms with E-state index in [9.17, 15) is 4.79 Å². The summed E-state index contributed by atoms with van der Waals surface area (Å²) in [5.41, 5.74) is 6.90. The van der Waals surface area contributed by atoms with E-state index >= 15 is 0 Å². The summed E-state index contributed by atoms with van der Waals surface area (Å²) in [5, 5.41) is 0. The van der Waals surface area contributed by atoms with Gasteiger partial charge >= 0.3 is 0 Å². The first-order chi connectivity index (χ1) is 9.93. The van der Waals surface area contributed by atoms with Crippen LogP contribution in [0.1, 0.15) is 43.5 Å². The van der Waals surface area contributed by atoms with Crippen LogP contribution in [0.5, 0.6) is 0 Å². The number of amides is 1. The molecule has 2 N–H and O–H groups in total. The number of hydrogen-bond donors (Lipinski definition) is 1. The standard InChI is InChI=1S/C15H25N5O/c1-5-8-20(9-12(21)19(3)4)15-10(2)13(16)17-14(18-15)11-6-7-11/h11H,5-9H2,1-4H3,(H2,16,17,18). The molecule has 0 spiro atoms. The minimum absolute atomic E-state index is 0.0630. The zero-order chi connectivity index (χ0) is 15.6. The molecule has 1 amide bonds. The molecule has 1 fully saturated rings. The fraction of sp³-hybridized carbons (Fsp3) is 0.667. The number of likely N-dealkylation sites (N-methyl/N-ethyl adjacent to an activating group) is 1. The molecule has 1 heterocycles. The van der Waals surface area contributed by atoms with Crippen molar-refractivity contribution < 1.29 is 4.79 Å². The van der Waals surface area contributed by atoms with E-state index in [1.54, 1.807) is 19.0 Å². The fourth-order valence-corrected chi connectivity index (χ4v) is 2.21. The molecule has 21 heavy (non-hydrogen) atoms. The Kier molecular flexibility index (Phi) is 4.65. The maximum atomic E-state index is 12.0. The van der Waals surface area contributed by atoms with Crippen LogP contribution in [0.15, 0.2) is 0 Å². The molecule has 0 atom stereocenters. The zero-order valence-corrected chi connectivity index (χ0v) is 13.4. The summed E-state index contributed by atoms with van der Waals surface area (Å²) in [7, 11) is 3.53. The monoisotopic (exact) mass is 291 g/mol. The van der Waals surface area contributed by atoms with Gasteiger partial charge in [0.2, 0.25) is 5.91 Å². The van der Waals surface area contributed by atoms with Crippen LogP contribution < -0.4 is 10.6 Å². The molecule has 1 saturated carbocycles. The maximum absolute atomic E-state index is 12.0. The van der Waals surface area contributed by atoms with Crippen molar-refractivity contribution >= 4 is 17.5 Å². The number of nitrogen functional groups attached to an aromatic ring is 1. The van der Waals surface area contributed by atoms with Gasteiger partial charge in [0.15, 0.2) is 0 Å². The lowest BCUT2D eigenvalue weighted by Crippen LogP contribution is -2.38. The van der Waals surface area contributed by atoms with Gasteiger partial charge in [-0.2, -0.15) is 0 Å². The van der Waals surface area contributed by atoms with Crippen molar-refractivity contribution in [1.29, 1.82) is 0 Å². The van der Waals surface area contributed by atoms with Gasteiger partial charge in [0.25, 0.3) is 0 Å². The number of rotatable bonds is 6. The molecule has 0 bridgehead atoms. The van der Waals surface area contributed by atoms with E-state index in [2.05, 4.69) is 11.9 Å². The van der Waals surface area contributed by atoms with Gasteiger partial charge in [0, 0.05) is 32.1 Å². The Balaban J connectivity index is 2.31. The first-order valence-corrected chi connectivity index (χ1v) is 7.53. The Hall–Kier alpha value is -1.85. The Labute approximate surface area is 126 Å². The van der Waals surface area contributed by atoms with Crippen molar-refractivity contribution in [3.63, 3.8) is 0 Å². The number of hydrogen-bond acceptors (Lipinski definition) is 5. The van der Waals surface area contributed by atoms with Gasteiger partial charge in [0.1, 0.15) is 17.5 Å². The smallest absolute Gasteiger partial charge is 0.241 e. The van der Waals surface area contributed by atoms with Crippen LogP contribution in [0.4, 0.5) is 11.6 Å². The predicted molar refractivity (Wildman–Crippen MR) is 84.4 cm³/mol. The third-order valence-corrected chi connectivity index (χ3v) is 3.74. The highest BCUT2D eigenvalue weighted by Crippen LogP contribution is 2.39. The highest BCUT2D eigenvalue weighted by molar-refractivity contribution is 5.81.